The Hall–Kier alpha value is -1.94. The predicted octanol–water partition coefficient (Wildman–Crippen LogP) is 4.26. The van der Waals surface area contributed by atoms with Crippen LogP contribution in [0.1, 0.15) is 37.4 Å². The molecular weight excluding hydrogens is 267 g/mol. The van der Waals surface area contributed by atoms with Crippen LogP contribution in [0.15, 0.2) is 29.3 Å². The van der Waals surface area contributed by atoms with Gasteiger partial charge in [-0.25, -0.2) is 4.39 Å². The van der Waals surface area contributed by atoms with E-state index in [-0.39, 0.29) is 11.9 Å². The fraction of sp³-hybridized carbons (Fsp3) is 0.353. The van der Waals surface area contributed by atoms with Crippen molar-refractivity contribution in [3.63, 3.8) is 0 Å². The summed E-state index contributed by atoms with van der Waals surface area (Å²) in [5.74, 6) is 0.148. The molecule has 0 bridgehead atoms. The summed E-state index contributed by atoms with van der Waals surface area (Å²) in [5.41, 5.74) is 3.26. The first kappa shape index (κ1) is 14.0. The zero-order chi connectivity index (χ0) is 15.0. The first-order valence-corrected chi connectivity index (χ1v) is 7.18. The molecule has 3 nitrogen and oxygen atoms in total. The van der Waals surface area contributed by atoms with Crippen LogP contribution in [-0.4, -0.2) is 24.4 Å². The smallest absolute Gasteiger partial charge is 0.133 e. The Morgan fingerprint density at radius 1 is 1.33 bits per heavy atom. The molecule has 3 rings (SSSR count). The van der Waals surface area contributed by atoms with E-state index in [0.29, 0.717) is 17.2 Å². The number of aliphatic imine (C=N–C) groups is 1. The van der Waals surface area contributed by atoms with Crippen LogP contribution in [0.5, 0.6) is 0 Å². The molecule has 0 spiro atoms. The largest absolute Gasteiger partial charge is 0.375 e. The van der Waals surface area contributed by atoms with Gasteiger partial charge < -0.3 is 9.72 Å². The van der Waals surface area contributed by atoms with Crippen LogP contribution in [0.2, 0.25) is 0 Å². The number of ether oxygens (including phenoxy) is 1. The van der Waals surface area contributed by atoms with E-state index >= 15 is 0 Å². The molecule has 1 aliphatic heterocycles. The molecule has 2 aromatic rings. The van der Waals surface area contributed by atoms with Gasteiger partial charge in [0.1, 0.15) is 5.82 Å². The lowest BCUT2D eigenvalue weighted by Crippen LogP contribution is -2.13. The van der Waals surface area contributed by atoms with Crippen LogP contribution in [0.4, 0.5) is 4.39 Å². The molecule has 21 heavy (non-hydrogen) atoms. The zero-order valence-corrected chi connectivity index (χ0v) is 12.5. The van der Waals surface area contributed by atoms with Crippen molar-refractivity contribution in [1.29, 1.82) is 0 Å². The highest BCUT2D eigenvalue weighted by atomic mass is 19.1. The number of methoxy groups -OCH3 is 1. The summed E-state index contributed by atoms with van der Waals surface area (Å²) in [4.78, 5) is 7.67. The molecule has 110 valence electrons. The van der Waals surface area contributed by atoms with Crippen LogP contribution in [0.3, 0.4) is 0 Å². The quantitative estimate of drug-likeness (QED) is 0.899. The van der Waals surface area contributed by atoms with Gasteiger partial charge in [0.25, 0.3) is 0 Å². The van der Waals surface area contributed by atoms with Crippen molar-refractivity contribution in [1.82, 2.24) is 4.98 Å². The first-order chi connectivity index (χ1) is 10.1. The molecule has 0 amide bonds. The molecule has 0 saturated heterocycles. The van der Waals surface area contributed by atoms with E-state index in [4.69, 9.17) is 4.74 Å². The third kappa shape index (κ3) is 2.63. The third-order valence-electron chi connectivity index (χ3n) is 3.85. The Labute approximate surface area is 123 Å². The maximum atomic E-state index is 14.3. The monoisotopic (exact) mass is 286 g/mol. The van der Waals surface area contributed by atoms with E-state index in [2.05, 4.69) is 23.8 Å². The van der Waals surface area contributed by atoms with Crippen LogP contribution < -0.4 is 0 Å². The number of rotatable bonds is 3. The van der Waals surface area contributed by atoms with Crippen molar-refractivity contribution >= 4 is 22.8 Å². The van der Waals surface area contributed by atoms with E-state index in [1.54, 1.807) is 19.4 Å². The Morgan fingerprint density at radius 3 is 2.76 bits per heavy atom. The molecule has 0 aliphatic carbocycles. The normalized spacial score (nSPS) is 18.5. The number of benzene rings is 1. The fourth-order valence-electron chi connectivity index (χ4n) is 2.52. The van der Waals surface area contributed by atoms with Gasteiger partial charge in [0, 0.05) is 35.5 Å². The summed E-state index contributed by atoms with van der Waals surface area (Å²) in [6, 6.07) is 5.42. The minimum absolute atomic E-state index is 0.0152. The lowest BCUT2D eigenvalue weighted by molar-refractivity contribution is 0.161. The number of hydrogen-bond donors (Lipinski definition) is 1. The summed E-state index contributed by atoms with van der Waals surface area (Å²) >= 11 is 0. The number of H-pyrrole nitrogens is 1. The van der Waals surface area contributed by atoms with E-state index in [1.807, 2.05) is 18.2 Å². The number of nitrogens with zero attached hydrogens (tertiary/aromatic N) is 1. The van der Waals surface area contributed by atoms with Crippen LogP contribution in [0.25, 0.3) is 16.6 Å². The summed E-state index contributed by atoms with van der Waals surface area (Å²) in [6.45, 7) is 4.22. The molecule has 1 unspecified atom stereocenters. The second-order valence-corrected chi connectivity index (χ2v) is 5.68. The van der Waals surface area contributed by atoms with Gasteiger partial charge in [-0.05, 0) is 30.5 Å². The van der Waals surface area contributed by atoms with Crippen LogP contribution >= 0.6 is 0 Å². The van der Waals surface area contributed by atoms with Gasteiger partial charge in [0.15, 0.2) is 0 Å². The predicted molar refractivity (Wildman–Crippen MR) is 84.2 cm³/mol. The lowest BCUT2D eigenvalue weighted by atomic mass is 10.1. The van der Waals surface area contributed by atoms with Gasteiger partial charge in [0.2, 0.25) is 0 Å². The molecule has 0 saturated carbocycles. The van der Waals surface area contributed by atoms with Crippen molar-refractivity contribution in [2.45, 2.75) is 32.3 Å². The molecule has 1 aliphatic rings. The summed E-state index contributed by atoms with van der Waals surface area (Å²) in [6.07, 6.45) is 4.35. The van der Waals surface area contributed by atoms with E-state index < -0.39 is 0 Å². The highest BCUT2D eigenvalue weighted by Gasteiger charge is 2.15. The van der Waals surface area contributed by atoms with Crippen molar-refractivity contribution in [2.24, 2.45) is 4.99 Å². The van der Waals surface area contributed by atoms with E-state index in [1.165, 1.54) is 0 Å². The Kier molecular flexibility index (Phi) is 3.64. The van der Waals surface area contributed by atoms with Crippen LogP contribution in [0, 0.1) is 5.82 Å². The maximum Gasteiger partial charge on any atom is 0.133 e. The molecule has 0 radical (unpaired) electrons. The highest BCUT2D eigenvalue weighted by molar-refractivity contribution is 5.87. The van der Waals surface area contributed by atoms with Gasteiger partial charge in [-0.3, -0.25) is 4.99 Å². The molecule has 1 N–H and O–H groups in total. The average molecular weight is 286 g/mol. The van der Waals surface area contributed by atoms with Gasteiger partial charge in [0.05, 0.1) is 11.8 Å². The highest BCUT2D eigenvalue weighted by Crippen LogP contribution is 2.29. The molecule has 2 heterocycles. The Balaban J connectivity index is 2.01. The first-order valence-electron chi connectivity index (χ1n) is 7.18. The number of nitrogens with one attached hydrogen (secondary N) is 1. The van der Waals surface area contributed by atoms with E-state index in [9.17, 15) is 4.39 Å². The molecule has 1 atom stereocenters. The third-order valence-corrected chi connectivity index (χ3v) is 3.85. The molecular formula is C17H19FN2O. The van der Waals surface area contributed by atoms with Gasteiger partial charge in [-0.2, -0.15) is 0 Å². The Bertz CT molecular complexity index is 728. The second kappa shape index (κ2) is 5.45. The van der Waals surface area contributed by atoms with Crippen LogP contribution in [-0.2, 0) is 4.74 Å². The SMILES string of the molecule is COC1C=NC(c2cc3[nH]c(C(C)C)cc3cc2F)=CC1. The number of hydrogen-bond acceptors (Lipinski definition) is 2. The minimum Gasteiger partial charge on any atom is -0.375 e. The zero-order valence-electron chi connectivity index (χ0n) is 12.5. The van der Waals surface area contributed by atoms with Crippen molar-refractivity contribution < 1.29 is 9.13 Å². The number of fused-ring (bicyclic) bond motifs is 1. The lowest BCUT2D eigenvalue weighted by Gasteiger charge is -2.14. The van der Waals surface area contributed by atoms with Gasteiger partial charge >= 0.3 is 0 Å². The average Bonchev–Trinajstić information content (AvgIpc) is 2.89. The number of aromatic amines is 1. The van der Waals surface area contributed by atoms with Crippen molar-refractivity contribution in [2.75, 3.05) is 7.11 Å². The van der Waals surface area contributed by atoms with Gasteiger partial charge in [-0.1, -0.05) is 19.9 Å². The van der Waals surface area contributed by atoms with Gasteiger partial charge in [-0.15, -0.1) is 0 Å². The summed E-state index contributed by atoms with van der Waals surface area (Å²) < 4.78 is 19.5. The topological polar surface area (TPSA) is 37.4 Å². The second-order valence-electron chi connectivity index (χ2n) is 5.68. The molecule has 1 aromatic heterocycles. The van der Waals surface area contributed by atoms with Crippen molar-refractivity contribution in [3.05, 3.63) is 41.3 Å². The number of aromatic nitrogens is 1. The molecule has 0 fully saturated rings. The summed E-state index contributed by atoms with van der Waals surface area (Å²) in [5, 5.41) is 0.898. The van der Waals surface area contributed by atoms with E-state index in [0.717, 1.165) is 23.0 Å². The standard InChI is InChI=1S/C17H19FN2O/c1-10(2)16-7-11-6-14(18)13(8-17(11)20-16)15-5-4-12(21-3)9-19-15/h5-10,12,20H,4H2,1-3H3. The fourth-order valence-corrected chi connectivity index (χ4v) is 2.52. The number of halogens is 1. The molecule has 1 aromatic carbocycles. The Morgan fingerprint density at radius 2 is 2.14 bits per heavy atom. The van der Waals surface area contributed by atoms with Crippen molar-refractivity contribution in [3.8, 4) is 0 Å². The maximum absolute atomic E-state index is 14.3. The molecule has 4 heteroatoms. The summed E-state index contributed by atoms with van der Waals surface area (Å²) in [7, 11) is 1.65. The minimum atomic E-state index is -0.240.